The summed E-state index contributed by atoms with van der Waals surface area (Å²) in [6, 6.07) is 4.65. The van der Waals surface area contributed by atoms with Gasteiger partial charge in [-0.1, -0.05) is 0 Å². The minimum atomic E-state index is -0.671. The van der Waals surface area contributed by atoms with Gasteiger partial charge in [-0.05, 0) is 32.9 Å². The van der Waals surface area contributed by atoms with E-state index in [1.165, 1.54) is 19.2 Å². The van der Waals surface area contributed by atoms with Gasteiger partial charge in [-0.2, -0.15) is 0 Å². The summed E-state index contributed by atoms with van der Waals surface area (Å²) in [6.07, 6.45) is -0.671. The Bertz CT molecular complexity index is 508. The Morgan fingerprint density at radius 2 is 2.05 bits per heavy atom. The maximum Gasteiger partial charge on any atom is 0.412 e. The van der Waals surface area contributed by atoms with Crippen molar-refractivity contribution >= 4 is 11.8 Å². The molecule has 20 heavy (non-hydrogen) atoms. The normalized spacial score (nSPS) is 10.8. The first-order valence-electron chi connectivity index (χ1n) is 6.00. The molecule has 7 heteroatoms. The van der Waals surface area contributed by atoms with E-state index >= 15 is 0 Å². The number of anilines is 1. The van der Waals surface area contributed by atoms with Crippen molar-refractivity contribution in [2.24, 2.45) is 0 Å². The summed E-state index contributed by atoms with van der Waals surface area (Å²) < 4.78 is 10.1. The van der Waals surface area contributed by atoms with Crippen molar-refractivity contribution in [3.8, 4) is 5.75 Å². The van der Waals surface area contributed by atoms with Crippen LogP contribution in [0.3, 0.4) is 0 Å². The minimum absolute atomic E-state index is 0.301. The molecule has 0 aliphatic rings. The molecule has 0 unspecified atom stereocenters. The number of carbonyl (C=O) groups is 1. The molecule has 0 aliphatic carbocycles. The number of nitrogens with zero attached hydrogens (tertiary/aromatic N) is 1. The SMILES string of the molecule is COc1ccc(C[N+](=O)[O-])c(NC(=O)OC(C)(C)C)c1. The van der Waals surface area contributed by atoms with Crippen LogP contribution in [0.5, 0.6) is 5.75 Å². The fourth-order valence-corrected chi connectivity index (χ4v) is 1.49. The molecule has 7 nitrogen and oxygen atoms in total. The van der Waals surface area contributed by atoms with E-state index in [-0.39, 0.29) is 0 Å². The molecule has 0 bridgehead atoms. The first-order chi connectivity index (χ1) is 9.21. The molecule has 0 aromatic heterocycles. The number of carbonyl (C=O) groups excluding carboxylic acids is 1. The van der Waals surface area contributed by atoms with Crippen LogP contribution >= 0.6 is 0 Å². The molecule has 1 rings (SSSR count). The summed E-state index contributed by atoms with van der Waals surface area (Å²) in [6.45, 7) is 4.80. The van der Waals surface area contributed by atoms with Crippen molar-refractivity contribution in [1.82, 2.24) is 0 Å². The molecule has 1 amide bonds. The van der Waals surface area contributed by atoms with E-state index in [1.54, 1.807) is 26.8 Å². The lowest BCUT2D eigenvalue weighted by molar-refractivity contribution is -0.496. The number of methoxy groups -OCH3 is 1. The quantitative estimate of drug-likeness (QED) is 0.677. The van der Waals surface area contributed by atoms with E-state index in [0.29, 0.717) is 17.0 Å². The summed E-state index contributed by atoms with van der Waals surface area (Å²) in [5.74, 6) is 0.489. The van der Waals surface area contributed by atoms with Gasteiger partial charge in [0.05, 0.1) is 12.8 Å². The van der Waals surface area contributed by atoms with Gasteiger partial charge in [0.1, 0.15) is 11.4 Å². The van der Waals surface area contributed by atoms with Crippen LogP contribution in [0, 0.1) is 10.1 Å². The van der Waals surface area contributed by atoms with Crippen LogP contribution in [0.2, 0.25) is 0 Å². The Balaban J connectivity index is 2.95. The summed E-state index contributed by atoms with van der Waals surface area (Å²) in [5.41, 5.74) is 0.0311. The van der Waals surface area contributed by atoms with Gasteiger partial charge >= 0.3 is 6.09 Å². The van der Waals surface area contributed by atoms with Crippen LogP contribution in [0.15, 0.2) is 18.2 Å². The van der Waals surface area contributed by atoms with Gasteiger partial charge in [0.25, 0.3) is 0 Å². The molecule has 0 saturated heterocycles. The van der Waals surface area contributed by atoms with Crippen LogP contribution in [0.1, 0.15) is 26.3 Å². The molecule has 0 radical (unpaired) electrons. The average Bonchev–Trinajstić information content (AvgIpc) is 2.28. The van der Waals surface area contributed by atoms with Crippen molar-refractivity contribution in [2.75, 3.05) is 12.4 Å². The molecule has 0 spiro atoms. The topological polar surface area (TPSA) is 90.7 Å². The van der Waals surface area contributed by atoms with Crippen molar-refractivity contribution in [3.05, 3.63) is 33.9 Å². The first-order valence-corrected chi connectivity index (χ1v) is 6.00. The predicted molar refractivity (Wildman–Crippen MR) is 73.5 cm³/mol. The zero-order valence-electron chi connectivity index (χ0n) is 11.9. The van der Waals surface area contributed by atoms with Gasteiger partial charge < -0.3 is 9.47 Å². The third kappa shape index (κ3) is 5.13. The standard InChI is InChI=1S/C13H18N2O5/c1-13(2,3)20-12(16)14-11-7-10(19-4)6-5-9(11)8-15(17)18/h5-7H,8H2,1-4H3,(H,14,16). The zero-order valence-corrected chi connectivity index (χ0v) is 11.9. The maximum absolute atomic E-state index is 11.7. The van der Waals surface area contributed by atoms with E-state index < -0.39 is 23.2 Å². The molecular formula is C13H18N2O5. The summed E-state index contributed by atoms with van der Waals surface area (Å²) >= 11 is 0. The highest BCUT2D eigenvalue weighted by Crippen LogP contribution is 2.24. The van der Waals surface area contributed by atoms with Gasteiger partial charge in [0.15, 0.2) is 0 Å². The van der Waals surface area contributed by atoms with Gasteiger partial charge in [-0.25, -0.2) is 4.79 Å². The average molecular weight is 282 g/mol. The van der Waals surface area contributed by atoms with Crippen molar-refractivity contribution in [1.29, 1.82) is 0 Å². The van der Waals surface area contributed by atoms with Crippen LogP contribution in [0.4, 0.5) is 10.5 Å². The number of rotatable bonds is 4. The Morgan fingerprint density at radius 3 is 2.55 bits per heavy atom. The molecule has 0 atom stereocenters. The molecule has 1 N–H and O–H groups in total. The molecule has 1 aromatic carbocycles. The maximum atomic E-state index is 11.7. The Kier molecular flexibility index (Phi) is 4.90. The third-order valence-corrected chi connectivity index (χ3v) is 2.25. The van der Waals surface area contributed by atoms with E-state index in [9.17, 15) is 14.9 Å². The minimum Gasteiger partial charge on any atom is -0.497 e. The van der Waals surface area contributed by atoms with Gasteiger partial charge in [-0.3, -0.25) is 15.4 Å². The fraction of sp³-hybridized carbons (Fsp3) is 0.462. The number of benzene rings is 1. The highest BCUT2D eigenvalue weighted by molar-refractivity contribution is 5.86. The lowest BCUT2D eigenvalue weighted by Gasteiger charge is -2.20. The lowest BCUT2D eigenvalue weighted by Crippen LogP contribution is -2.27. The van der Waals surface area contributed by atoms with Gasteiger partial charge in [0, 0.05) is 16.6 Å². The number of hydrogen-bond acceptors (Lipinski definition) is 5. The second kappa shape index (κ2) is 6.23. The Hall–Kier alpha value is -2.31. The van der Waals surface area contributed by atoms with Crippen LogP contribution in [0.25, 0.3) is 0 Å². The third-order valence-electron chi connectivity index (χ3n) is 2.25. The molecule has 0 fully saturated rings. The lowest BCUT2D eigenvalue weighted by atomic mass is 10.1. The predicted octanol–water partition coefficient (Wildman–Crippen LogP) is 2.82. The number of ether oxygens (including phenoxy) is 2. The zero-order chi connectivity index (χ0) is 15.3. The Morgan fingerprint density at radius 1 is 1.40 bits per heavy atom. The van der Waals surface area contributed by atoms with Crippen LogP contribution in [-0.2, 0) is 11.3 Å². The molecule has 1 aromatic rings. The number of amides is 1. The van der Waals surface area contributed by atoms with Gasteiger partial charge in [0.2, 0.25) is 6.54 Å². The van der Waals surface area contributed by atoms with E-state index in [2.05, 4.69) is 5.32 Å². The number of hydrogen-bond donors (Lipinski definition) is 1. The van der Waals surface area contributed by atoms with E-state index in [0.717, 1.165) is 0 Å². The molecule has 0 aliphatic heterocycles. The largest absolute Gasteiger partial charge is 0.497 e. The van der Waals surface area contributed by atoms with Crippen molar-refractivity contribution in [2.45, 2.75) is 32.9 Å². The molecule has 110 valence electrons. The van der Waals surface area contributed by atoms with E-state index in [1.807, 2.05) is 0 Å². The second-order valence-electron chi connectivity index (χ2n) is 5.14. The highest BCUT2D eigenvalue weighted by atomic mass is 16.6. The van der Waals surface area contributed by atoms with Crippen LogP contribution in [-0.4, -0.2) is 23.7 Å². The van der Waals surface area contributed by atoms with E-state index in [4.69, 9.17) is 9.47 Å². The molecule has 0 heterocycles. The number of nitro groups is 1. The Labute approximate surface area is 117 Å². The number of nitrogens with one attached hydrogen (secondary N) is 1. The summed E-state index contributed by atoms with van der Waals surface area (Å²) in [7, 11) is 1.47. The monoisotopic (exact) mass is 282 g/mol. The summed E-state index contributed by atoms with van der Waals surface area (Å²) in [4.78, 5) is 21.9. The second-order valence-corrected chi connectivity index (χ2v) is 5.14. The smallest absolute Gasteiger partial charge is 0.412 e. The summed E-state index contributed by atoms with van der Waals surface area (Å²) in [5, 5.41) is 13.1. The van der Waals surface area contributed by atoms with Crippen molar-refractivity contribution < 1.29 is 19.2 Å². The van der Waals surface area contributed by atoms with Crippen molar-refractivity contribution in [3.63, 3.8) is 0 Å². The highest BCUT2D eigenvalue weighted by Gasteiger charge is 2.18. The van der Waals surface area contributed by atoms with Crippen LogP contribution < -0.4 is 10.1 Å². The molecule has 0 saturated carbocycles. The fourth-order valence-electron chi connectivity index (χ4n) is 1.49. The van der Waals surface area contributed by atoms with Gasteiger partial charge in [-0.15, -0.1) is 0 Å². The first kappa shape index (κ1) is 15.7. The molecular weight excluding hydrogens is 264 g/mol.